The molecule has 0 heterocycles. The third-order valence-corrected chi connectivity index (χ3v) is 2.53. The molecule has 0 unspecified atom stereocenters. The summed E-state index contributed by atoms with van der Waals surface area (Å²) < 4.78 is 14.1. The average molecular weight is 254 g/mol. The first-order chi connectivity index (χ1) is 7.56. The standard InChI is InChI=1S/C10H23O5P/c1-2-3-4-5-6-7-8-9-10-14-15-16(11,12)13/h2-10H2,1H3,(H2,11,12,13). The summed E-state index contributed by atoms with van der Waals surface area (Å²) in [4.78, 5) is 21.0. The van der Waals surface area contributed by atoms with E-state index in [1.165, 1.54) is 32.1 Å². The van der Waals surface area contributed by atoms with E-state index in [4.69, 9.17) is 9.79 Å². The van der Waals surface area contributed by atoms with Gasteiger partial charge in [0.15, 0.2) is 0 Å². The highest BCUT2D eigenvalue weighted by molar-refractivity contribution is 7.46. The number of unbranched alkanes of at least 4 members (excludes halogenated alkanes) is 7. The van der Waals surface area contributed by atoms with Crippen LogP contribution in [-0.4, -0.2) is 16.4 Å². The number of rotatable bonds is 11. The molecule has 0 saturated heterocycles. The Labute approximate surface area is 97.3 Å². The zero-order valence-corrected chi connectivity index (χ0v) is 10.8. The van der Waals surface area contributed by atoms with Gasteiger partial charge in [-0.15, -0.1) is 4.67 Å². The van der Waals surface area contributed by atoms with E-state index in [0.717, 1.165) is 19.3 Å². The first-order valence-electron chi connectivity index (χ1n) is 5.93. The summed E-state index contributed by atoms with van der Waals surface area (Å²) in [5.41, 5.74) is 0. The molecule has 0 aromatic rings. The molecule has 0 spiro atoms. The Morgan fingerprint density at radius 3 is 1.94 bits per heavy atom. The van der Waals surface area contributed by atoms with Crippen molar-refractivity contribution in [3.05, 3.63) is 0 Å². The smallest absolute Gasteiger partial charge is 0.301 e. The molecule has 2 N–H and O–H groups in total. The van der Waals surface area contributed by atoms with Gasteiger partial charge in [0.05, 0.1) is 6.61 Å². The predicted octanol–water partition coefficient (Wildman–Crippen LogP) is 3.17. The second-order valence-corrected chi connectivity index (χ2v) is 4.99. The predicted molar refractivity (Wildman–Crippen MR) is 61.7 cm³/mol. The average Bonchev–Trinajstić information content (AvgIpc) is 2.19. The second-order valence-electron chi connectivity index (χ2n) is 3.86. The van der Waals surface area contributed by atoms with Crippen molar-refractivity contribution < 1.29 is 23.9 Å². The van der Waals surface area contributed by atoms with Gasteiger partial charge in [-0.25, -0.2) is 9.45 Å². The van der Waals surface area contributed by atoms with Gasteiger partial charge in [0.2, 0.25) is 0 Å². The summed E-state index contributed by atoms with van der Waals surface area (Å²) in [6.07, 6.45) is 9.28. The van der Waals surface area contributed by atoms with Crippen molar-refractivity contribution >= 4 is 7.82 Å². The fraction of sp³-hybridized carbons (Fsp3) is 1.00. The topological polar surface area (TPSA) is 76.0 Å². The normalized spacial score (nSPS) is 11.9. The van der Waals surface area contributed by atoms with Crippen molar-refractivity contribution in [1.29, 1.82) is 0 Å². The van der Waals surface area contributed by atoms with Gasteiger partial charge in [0.1, 0.15) is 0 Å². The van der Waals surface area contributed by atoms with Gasteiger partial charge in [-0.3, -0.25) is 0 Å². The zero-order chi connectivity index (χ0) is 12.3. The largest absolute Gasteiger partial charge is 0.496 e. The lowest BCUT2D eigenvalue weighted by Crippen LogP contribution is -1.95. The molecule has 0 rings (SSSR count). The molecule has 0 aliphatic heterocycles. The summed E-state index contributed by atoms with van der Waals surface area (Å²) in [6.45, 7) is 2.43. The third kappa shape index (κ3) is 14.1. The fourth-order valence-corrected chi connectivity index (χ4v) is 1.61. The van der Waals surface area contributed by atoms with Crippen LogP contribution in [0.25, 0.3) is 0 Å². The molecule has 0 aliphatic carbocycles. The van der Waals surface area contributed by atoms with Crippen LogP contribution in [0.5, 0.6) is 0 Å². The van der Waals surface area contributed by atoms with Crippen LogP contribution in [0.15, 0.2) is 0 Å². The quantitative estimate of drug-likeness (QED) is 0.256. The molecule has 98 valence electrons. The van der Waals surface area contributed by atoms with Gasteiger partial charge in [0, 0.05) is 0 Å². The summed E-state index contributed by atoms with van der Waals surface area (Å²) in [5, 5.41) is 0. The van der Waals surface area contributed by atoms with E-state index in [1.54, 1.807) is 0 Å². The van der Waals surface area contributed by atoms with Gasteiger partial charge < -0.3 is 9.79 Å². The maximum absolute atomic E-state index is 10.2. The molecule has 0 aromatic carbocycles. The molecule has 0 amide bonds. The van der Waals surface area contributed by atoms with E-state index in [-0.39, 0.29) is 6.61 Å². The summed E-state index contributed by atoms with van der Waals surface area (Å²) in [6, 6.07) is 0. The monoisotopic (exact) mass is 254 g/mol. The van der Waals surface area contributed by atoms with Crippen molar-refractivity contribution in [3.63, 3.8) is 0 Å². The van der Waals surface area contributed by atoms with Crippen molar-refractivity contribution in [2.45, 2.75) is 58.3 Å². The van der Waals surface area contributed by atoms with Crippen LogP contribution < -0.4 is 0 Å². The van der Waals surface area contributed by atoms with Crippen LogP contribution >= 0.6 is 7.82 Å². The minimum atomic E-state index is -4.46. The van der Waals surface area contributed by atoms with E-state index >= 15 is 0 Å². The van der Waals surface area contributed by atoms with E-state index in [0.29, 0.717) is 0 Å². The highest BCUT2D eigenvalue weighted by Crippen LogP contribution is 2.35. The van der Waals surface area contributed by atoms with E-state index < -0.39 is 7.82 Å². The Morgan fingerprint density at radius 1 is 0.938 bits per heavy atom. The Balaban J connectivity index is 3.02. The van der Waals surface area contributed by atoms with Gasteiger partial charge >= 0.3 is 7.82 Å². The van der Waals surface area contributed by atoms with E-state index in [9.17, 15) is 4.57 Å². The molecule has 0 bridgehead atoms. The van der Waals surface area contributed by atoms with Crippen LogP contribution in [-0.2, 0) is 14.1 Å². The fourth-order valence-electron chi connectivity index (χ4n) is 1.40. The van der Waals surface area contributed by atoms with Gasteiger partial charge in [-0.1, -0.05) is 51.9 Å². The van der Waals surface area contributed by atoms with Crippen LogP contribution in [0.2, 0.25) is 0 Å². The molecule has 5 nitrogen and oxygen atoms in total. The van der Waals surface area contributed by atoms with Crippen molar-refractivity contribution in [1.82, 2.24) is 0 Å². The van der Waals surface area contributed by atoms with Gasteiger partial charge in [-0.2, -0.15) is 0 Å². The van der Waals surface area contributed by atoms with Crippen LogP contribution in [0.1, 0.15) is 58.3 Å². The molecular weight excluding hydrogens is 231 g/mol. The van der Waals surface area contributed by atoms with E-state index in [2.05, 4.69) is 16.5 Å². The van der Waals surface area contributed by atoms with Crippen molar-refractivity contribution in [3.8, 4) is 0 Å². The van der Waals surface area contributed by atoms with Crippen molar-refractivity contribution in [2.75, 3.05) is 6.61 Å². The number of hydrogen-bond acceptors (Lipinski definition) is 3. The lowest BCUT2D eigenvalue weighted by molar-refractivity contribution is -0.222. The zero-order valence-electron chi connectivity index (χ0n) is 9.93. The molecule has 0 atom stereocenters. The molecule has 6 heteroatoms. The molecule has 16 heavy (non-hydrogen) atoms. The Kier molecular flexibility index (Phi) is 10.3. The van der Waals surface area contributed by atoms with Crippen LogP contribution in [0.4, 0.5) is 0 Å². The first kappa shape index (κ1) is 16.1. The highest BCUT2D eigenvalue weighted by atomic mass is 31.2. The molecule has 0 radical (unpaired) electrons. The molecule has 0 fully saturated rings. The maximum Gasteiger partial charge on any atom is 0.496 e. The van der Waals surface area contributed by atoms with Crippen LogP contribution in [0, 0.1) is 0 Å². The Bertz CT molecular complexity index is 192. The van der Waals surface area contributed by atoms with E-state index in [1.807, 2.05) is 0 Å². The summed E-state index contributed by atoms with van der Waals surface area (Å²) >= 11 is 0. The third-order valence-electron chi connectivity index (χ3n) is 2.23. The molecular formula is C10H23O5P. The number of phosphoric acid groups is 1. The SMILES string of the molecule is CCCCCCCCCCOOP(=O)(O)O. The summed E-state index contributed by atoms with van der Waals surface area (Å²) in [5.74, 6) is 0. The second kappa shape index (κ2) is 10.2. The highest BCUT2D eigenvalue weighted by Gasteiger charge is 2.14. The minimum absolute atomic E-state index is 0.236. The summed E-state index contributed by atoms with van der Waals surface area (Å²) in [7, 11) is -4.46. The molecule has 0 aromatic heterocycles. The lowest BCUT2D eigenvalue weighted by Gasteiger charge is -2.04. The number of hydrogen-bond donors (Lipinski definition) is 2. The first-order valence-corrected chi connectivity index (χ1v) is 7.46. The molecule has 0 aliphatic rings. The lowest BCUT2D eigenvalue weighted by atomic mass is 10.1. The molecule has 0 saturated carbocycles. The van der Waals surface area contributed by atoms with Gasteiger partial charge in [-0.05, 0) is 6.42 Å². The Morgan fingerprint density at radius 2 is 1.44 bits per heavy atom. The van der Waals surface area contributed by atoms with Crippen LogP contribution in [0.3, 0.4) is 0 Å². The Hall–Kier alpha value is 0.0700. The minimum Gasteiger partial charge on any atom is -0.301 e. The maximum atomic E-state index is 10.2. The van der Waals surface area contributed by atoms with Gasteiger partial charge in [0.25, 0.3) is 0 Å². The van der Waals surface area contributed by atoms with Crippen molar-refractivity contribution in [2.24, 2.45) is 0 Å².